The largest absolute Gasteiger partial charge is 0.396 e. The third kappa shape index (κ3) is 2.76. The number of carbonyl (C=O) groups is 1. The van der Waals surface area contributed by atoms with Crippen LogP contribution in [0.5, 0.6) is 0 Å². The maximum atomic E-state index is 11.8. The summed E-state index contributed by atoms with van der Waals surface area (Å²) in [5, 5.41) is 6.76. The number of hydrogen-bond donors (Lipinski definition) is 2. The average molecular weight is 220 g/mol. The first-order valence-corrected chi connectivity index (χ1v) is 5.23. The predicted molar refractivity (Wildman–Crippen MR) is 62.7 cm³/mol. The van der Waals surface area contributed by atoms with Gasteiger partial charge in [-0.15, -0.1) is 12.3 Å². The summed E-state index contributed by atoms with van der Waals surface area (Å²) < 4.78 is 1.58. The molecule has 1 heterocycles. The van der Waals surface area contributed by atoms with E-state index in [0.717, 1.165) is 6.42 Å². The molecule has 0 saturated carbocycles. The number of anilines is 1. The van der Waals surface area contributed by atoms with E-state index in [0.29, 0.717) is 30.9 Å². The molecule has 0 aliphatic heterocycles. The third-order valence-corrected chi connectivity index (χ3v) is 2.17. The van der Waals surface area contributed by atoms with Crippen molar-refractivity contribution in [2.24, 2.45) is 0 Å². The van der Waals surface area contributed by atoms with Gasteiger partial charge in [0.2, 0.25) is 0 Å². The second kappa shape index (κ2) is 5.81. The van der Waals surface area contributed by atoms with Crippen molar-refractivity contribution in [3.8, 4) is 12.3 Å². The fraction of sp³-hybridized carbons (Fsp3) is 0.455. The molecule has 0 aliphatic carbocycles. The number of hydrogen-bond acceptors (Lipinski definition) is 3. The Morgan fingerprint density at radius 2 is 2.50 bits per heavy atom. The Bertz CT molecular complexity index is 403. The summed E-state index contributed by atoms with van der Waals surface area (Å²) in [6.45, 7) is 3.07. The predicted octanol–water partition coefficient (Wildman–Crippen LogP) is 0.628. The summed E-state index contributed by atoms with van der Waals surface area (Å²) in [5.41, 5.74) is 6.49. The van der Waals surface area contributed by atoms with E-state index < -0.39 is 0 Å². The number of nitrogens with two attached hydrogens (primary N) is 1. The van der Waals surface area contributed by atoms with E-state index in [4.69, 9.17) is 12.2 Å². The zero-order valence-electron chi connectivity index (χ0n) is 9.36. The molecule has 0 spiro atoms. The normalized spacial score (nSPS) is 9.75. The molecule has 0 aliphatic rings. The fourth-order valence-electron chi connectivity index (χ4n) is 1.36. The van der Waals surface area contributed by atoms with Crippen LogP contribution in [-0.4, -0.2) is 22.2 Å². The minimum absolute atomic E-state index is 0.200. The standard InChI is InChI=1S/C11H16N4O/c1-3-5-6-7-13-11(16)10-9(12)8-14-15(10)4-2/h1,8H,4-7,12H2,2H3,(H,13,16). The average Bonchev–Trinajstić information content (AvgIpc) is 2.65. The molecule has 0 fully saturated rings. The Morgan fingerprint density at radius 3 is 3.12 bits per heavy atom. The number of nitrogens with zero attached hydrogens (tertiary/aromatic N) is 2. The third-order valence-electron chi connectivity index (χ3n) is 2.17. The number of rotatable bonds is 5. The molecule has 0 aromatic carbocycles. The SMILES string of the molecule is C#CCCCNC(=O)c1c(N)cnn1CC. The van der Waals surface area contributed by atoms with E-state index >= 15 is 0 Å². The number of carbonyl (C=O) groups excluding carboxylic acids is 1. The smallest absolute Gasteiger partial charge is 0.271 e. The summed E-state index contributed by atoms with van der Waals surface area (Å²) in [6, 6.07) is 0. The first-order valence-electron chi connectivity index (χ1n) is 5.23. The maximum absolute atomic E-state index is 11.8. The highest BCUT2D eigenvalue weighted by Gasteiger charge is 2.14. The highest BCUT2D eigenvalue weighted by Crippen LogP contribution is 2.10. The summed E-state index contributed by atoms with van der Waals surface area (Å²) >= 11 is 0. The van der Waals surface area contributed by atoms with Crippen LogP contribution in [0.25, 0.3) is 0 Å². The molecule has 1 aromatic heterocycles. The second-order valence-electron chi connectivity index (χ2n) is 3.33. The van der Waals surface area contributed by atoms with Gasteiger partial charge in [0, 0.05) is 19.5 Å². The Labute approximate surface area is 95.0 Å². The number of nitrogen functional groups attached to an aromatic ring is 1. The second-order valence-corrected chi connectivity index (χ2v) is 3.33. The summed E-state index contributed by atoms with van der Waals surface area (Å²) in [7, 11) is 0. The van der Waals surface area contributed by atoms with Gasteiger partial charge in [-0.1, -0.05) is 0 Å². The minimum Gasteiger partial charge on any atom is -0.396 e. The highest BCUT2D eigenvalue weighted by molar-refractivity contribution is 5.97. The Kier molecular flexibility index (Phi) is 4.40. The Morgan fingerprint density at radius 1 is 1.75 bits per heavy atom. The molecule has 1 rings (SSSR count). The van der Waals surface area contributed by atoms with E-state index in [2.05, 4.69) is 16.3 Å². The van der Waals surface area contributed by atoms with Crippen molar-refractivity contribution < 1.29 is 4.79 Å². The first-order chi connectivity index (χ1) is 7.70. The molecule has 0 unspecified atom stereocenters. The van der Waals surface area contributed by atoms with Crippen molar-refractivity contribution in [2.45, 2.75) is 26.3 Å². The Hall–Kier alpha value is -1.96. The fourth-order valence-corrected chi connectivity index (χ4v) is 1.36. The van der Waals surface area contributed by atoms with Crippen molar-refractivity contribution in [1.29, 1.82) is 0 Å². The molecule has 3 N–H and O–H groups in total. The topological polar surface area (TPSA) is 72.9 Å². The monoisotopic (exact) mass is 220 g/mol. The van der Waals surface area contributed by atoms with Crippen LogP contribution in [0.15, 0.2) is 6.20 Å². The molecule has 0 saturated heterocycles. The van der Waals surface area contributed by atoms with Gasteiger partial charge >= 0.3 is 0 Å². The van der Waals surface area contributed by atoms with Crippen molar-refractivity contribution in [1.82, 2.24) is 15.1 Å². The minimum atomic E-state index is -0.200. The van der Waals surface area contributed by atoms with Crippen LogP contribution < -0.4 is 11.1 Å². The molecule has 1 amide bonds. The van der Waals surface area contributed by atoms with Gasteiger partial charge in [0.05, 0.1) is 11.9 Å². The van der Waals surface area contributed by atoms with E-state index in [-0.39, 0.29) is 5.91 Å². The summed E-state index contributed by atoms with van der Waals surface area (Å²) in [4.78, 5) is 11.8. The number of aryl methyl sites for hydroxylation is 1. The zero-order chi connectivity index (χ0) is 12.0. The number of nitrogens with one attached hydrogen (secondary N) is 1. The van der Waals surface area contributed by atoms with Gasteiger partial charge in [-0.2, -0.15) is 5.10 Å². The van der Waals surface area contributed by atoms with Crippen molar-refractivity contribution >= 4 is 11.6 Å². The zero-order valence-corrected chi connectivity index (χ0v) is 9.36. The molecule has 86 valence electrons. The van der Waals surface area contributed by atoms with Gasteiger partial charge < -0.3 is 11.1 Å². The van der Waals surface area contributed by atoms with Crippen molar-refractivity contribution in [3.63, 3.8) is 0 Å². The van der Waals surface area contributed by atoms with Gasteiger partial charge in [-0.25, -0.2) is 0 Å². The molecule has 0 atom stereocenters. The van der Waals surface area contributed by atoms with E-state index in [1.54, 1.807) is 4.68 Å². The molecular weight excluding hydrogens is 204 g/mol. The van der Waals surface area contributed by atoms with Crippen molar-refractivity contribution in [2.75, 3.05) is 12.3 Å². The lowest BCUT2D eigenvalue weighted by atomic mass is 10.3. The molecular formula is C11H16N4O. The van der Waals surface area contributed by atoms with Gasteiger partial charge in [0.1, 0.15) is 5.69 Å². The summed E-state index contributed by atoms with van der Waals surface area (Å²) in [5.74, 6) is 2.32. The van der Waals surface area contributed by atoms with Crippen molar-refractivity contribution in [3.05, 3.63) is 11.9 Å². The lowest BCUT2D eigenvalue weighted by Crippen LogP contribution is -2.27. The molecule has 1 aromatic rings. The van der Waals surface area contributed by atoms with Crippen LogP contribution in [0.2, 0.25) is 0 Å². The molecule has 5 heteroatoms. The van der Waals surface area contributed by atoms with Crippen LogP contribution in [-0.2, 0) is 6.54 Å². The van der Waals surface area contributed by atoms with Crippen LogP contribution in [0.1, 0.15) is 30.3 Å². The number of unbranched alkanes of at least 4 members (excludes halogenated alkanes) is 1. The van der Waals surface area contributed by atoms with Gasteiger partial charge in [0.15, 0.2) is 0 Å². The van der Waals surface area contributed by atoms with Crippen LogP contribution in [0.3, 0.4) is 0 Å². The Balaban J connectivity index is 2.59. The lowest BCUT2D eigenvalue weighted by Gasteiger charge is -2.06. The molecule has 0 radical (unpaired) electrons. The lowest BCUT2D eigenvalue weighted by molar-refractivity contribution is 0.0943. The van der Waals surface area contributed by atoms with E-state index in [1.165, 1.54) is 6.20 Å². The molecule has 5 nitrogen and oxygen atoms in total. The van der Waals surface area contributed by atoms with E-state index in [1.807, 2.05) is 6.92 Å². The summed E-state index contributed by atoms with van der Waals surface area (Å²) in [6.07, 6.45) is 8.02. The highest BCUT2D eigenvalue weighted by atomic mass is 16.2. The number of amides is 1. The van der Waals surface area contributed by atoms with E-state index in [9.17, 15) is 4.79 Å². The first kappa shape index (κ1) is 12.1. The molecule has 0 bridgehead atoms. The van der Waals surface area contributed by atoms with Gasteiger partial charge in [-0.3, -0.25) is 9.48 Å². The van der Waals surface area contributed by atoms with Crippen LogP contribution in [0.4, 0.5) is 5.69 Å². The number of terminal acetylenes is 1. The quantitative estimate of drug-likeness (QED) is 0.564. The number of aromatic nitrogens is 2. The van der Waals surface area contributed by atoms with Crippen LogP contribution in [0, 0.1) is 12.3 Å². The van der Waals surface area contributed by atoms with Gasteiger partial charge in [-0.05, 0) is 13.3 Å². The van der Waals surface area contributed by atoms with Gasteiger partial charge in [0.25, 0.3) is 5.91 Å². The van der Waals surface area contributed by atoms with Crippen LogP contribution >= 0.6 is 0 Å². The molecule has 16 heavy (non-hydrogen) atoms. The maximum Gasteiger partial charge on any atom is 0.271 e.